The average Bonchev–Trinajstić information content (AvgIpc) is 3.00. The van der Waals surface area contributed by atoms with Gasteiger partial charge >= 0.3 is 0 Å². The molecule has 2 amide bonds. The van der Waals surface area contributed by atoms with Crippen molar-refractivity contribution in [3.05, 3.63) is 12.4 Å². The number of nitrogens with two attached hydrogens (primary N) is 1. The summed E-state index contributed by atoms with van der Waals surface area (Å²) in [7, 11) is 1.81. The topological polar surface area (TPSA) is 93.7 Å². The highest BCUT2D eigenvalue weighted by molar-refractivity contribution is 5.98. The number of carbonyl (C=O) groups is 2. The van der Waals surface area contributed by atoms with Crippen molar-refractivity contribution < 1.29 is 14.3 Å². The van der Waals surface area contributed by atoms with E-state index in [1.807, 2.05) is 7.05 Å². The first-order valence-electron chi connectivity index (χ1n) is 7.92. The van der Waals surface area contributed by atoms with Gasteiger partial charge in [-0.25, -0.2) is 0 Å². The molecule has 0 bridgehead atoms. The molecular weight excluding hydrogens is 298 g/mol. The van der Waals surface area contributed by atoms with Crippen LogP contribution in [0.3, 0.4) is 0 Å². The third-order valence-corrected chi connectivity index (χ3v) is 4.81. The Bertz CT molecular complexity index is 594. The first kappa shape index (κ1) is 15.9. The molecule has 8 nitrogen and oxygen atoms in total. The molecule has 1 aromatic heterocycles. The molecule has 2 N–H and O–H groups in total. The molecule has 0 spiro atoms. The van der Waals surface area contributed by atoms with Crippen molar-refractivity contribution in [2.45, 2.75) is 12.8 Å². The van der Waals surface area contributed by atoms with E-state index in [2.05, 4.69) is 5.10 Å². The standard InChI is InChI=1S/C15H23N5O3/c1-18-9-12(8-17-18)20-5-4-19(10-13(20)21)14(22)15(11-16)2-6-23-7-3-15/h8-9H,2-7,10-11,16H2,1H3. The zero-order valence-corrected chi connectivity index (χ0v) is 13.4. The zero-order chi connectivity index (χ0) is 16.4. The molecule has 23 heavy (non-hydrogen) atoms. The van der Waals surface area contributed by atoms with Crippen molar-refractivity contribution in [2.24, 2.45) is 18.2 Å². The number of aryl methyl sites for hydroxylation is 1. The average molecular weight is 321 g/mol. The molecular formula is C15H23N5O3. The second-order valence-corrected chi connectivity index (χ2v) is 6.24. The lowest BCUT2D eigenvalue weighted by atomic mass is 9.78. The monoisotopic (exact) mass is 321 g/mol. The smallest absolute Gasteiger partial charge is 0.246 e. The summed E-state index contributed by atoms with van der Waals surface area (Å²) in [6.07, 6.45) is 4.71. The van der Waals surface area contributed by atoms with Crippen LogP contribution in [0.15, 0.2) is 12.4 Å². The van der Waals surface area contributed by atoms with Crippen molar-refractivity contribution >= 4 is 17.5 Å². The van der Waals surface area contributed by atoms with Crippen LogP contribution in [0.25, 0.3) is 0 Å². The Labute approximate surface area is 135 Å². The van der Waals surface area contributed by atoms with E-state index in [4.69, 9.17) is 10.5 Å². The van der Waals surface area contributed by atoms with E-state index in [1.165, 1.54) is 0 Å². The summed E-state index contributed by atoms with van der Waals surface area (Å²) in [5.41, 5.74) is 6.09. The Kier molecular flexibility index (Phi) is 4.36. The van der Waals surface area contributed by atoms with Gasteiger partial charge in [-0.15, -0.1) is 0 Å². The number of amides is 2. The van der Waals surface area contributed by atoms with Gasteiger partial charge in [-0.05, 0) is 12.8 Å². The van der Waals surface area contributed by atoms with Gasteiger partial charge in [0, 0.05) is 46.1 Å². The predicted octanol–water partition coefficient (Wildman–Crippen LogP) is -0.649. The Morgan fingerprint density at radius 1 is 1.39 bits per heavy atom. The van der Waals surface area contributed by atoms with Gasteiger partial charge in [-0.1, -0.05) is 0 Å². The van der Waals surface area contributed by atoms with E-state index >= 15 is 0 Å². The SMILES string of the molecule is Cn1cc(N2CCN(C(=O)C3(CN)CCOCC3)CC2=O)cn1. The molecule has 3 heterocycles. The first-order chi connectivity index (χ1) is 11.1. The van der Waals surface area contributed by atoms with Crippen molar-refractivity contribution in [3.8, 4) is 0 Å². The van der Waals surface area contributed by atoms with E-state index in [9.17, 15) is 9.59 Å². The lowest BCUT2D eigenvalue weighted by molar-refractivity contribution is -0.150. The van der Waals surface area contributed by atoms with Crippen molar-refractivity contribution in [1.29, 1.82) is 0 Å². The molecule has 1 aromatic rings. The quantitative estimate of drug-likeness (QED) is 0.798. The molecule has 0 atom stereocenters. The normalized spacial score (nSPS) is 21.6. The predicted molar refractivity (Wildman–Crippen MR) is 83.7 cm³/mol. The number of hydrogen-bond acceptors (Lipinski definition) is 5. The summed E-state index contributed by atoms with van der Waals surface area (Å²) in [4.78, 5) is 28.7. The maximum atomic E-state index is 12.9. The number of carbonyl (C=O) groups excluding carboxylic acids is 2. The molecule has 2 aliphatic rings. The molecule has 126 valence electrons. The minimum absolute atomic E-state index is 0.0116. The Morgan fingerprint density at radius 2 is 2.13 bits per heavy atom. The van der Waals surface area contributed by atoms with Crippen molar-refractivity contribution in [2.75, 3.05) is 44.3 Å². The summed E-state index contributed by atoms with van der Waals surface area (Å²) < 4.78 is 7.01. The van der Waals surface area contributed by atoms with Crippen LogP contribution in [0.5, 0.6) is 0 Å². The number of rotatable bonds is 3. The van der Waals surface area contributed by atoms with Gasteiger partial charge in [0.1, 0.15) is 6.54 Å². The largest absolute Gasteiger partial charge is 0.381 e. The molecule has 0 unspecified atom stereocenters. The summed E-state index contributed by atoms with van der Waals surface area (Å²) in [6, 6.07) is 0. The third kappa shape index (κ3) is 2.96. The molecule has 3 rings (SSSR count). The second-order valence-electron chi connectivity index (χ2n) is 6.24. The molecule has 2 saturated heterocycles. The van der Waals surface area contributed by atoms with Crippen LogP contribution in [0.4, 0.5) is 5.69 Å². The van der Waals surface area contributed by atoms with Crippen LogP contribution in [0.1, 0.15) is 12.8 Å². The second kappa shape index (κ2) is 6.29. The van der Waals surface area contributed by atoms with Crippen molar-refractivity contribution in [1.82, 2.24) is 14.7 Å². The summed E-state index contributed by atoms with van der Waals surface area (Å²) in [6.45, 7) is 2.48. The molecule has 2 aliphatic heterocycles. The van der Waals surface area contributed by atoms with Crippen LogP contribution in [0, 0.1) is 5.41 Å². The Morgan fingerprint density at radius 3 is 2.70 bits per heavy atom. The van der Waals surface area contributed by atoms with Crippen LogP contribution >= 0.6 is 0 Å². The molecule has 0 aliphatic carbocycles. The molecule has 2 fully saturated rings. The van der Waals surface area contributed by atoms with Crippen LogP contribution in [-0.2, 0) is 21.4 Å². The van der Waals surface area contributed by atoms with E-state index in [1.54, 1.807) is 26.9 Å². The summed E-state index contributed by atoms with van der Waals surface area (Å²) >= 11 is 0. The van der Waals surface area contributed by atoms with Crippen LogP contribution in [-0.4, -0.2) is 65.9 Å². The number of anilines is 1. The first-order valence-corrected chi connectivity index (χ1v) is 7.92. The third-order valence-electron chi connectivity index (χ3n) is 4.81. The lowest BCUT2D eigenvalue weighted by Gasteiger charge is -2.41. The van der Waals surface area contributed by atoms with Gasteiger partial charge in [0.2, 0.25) is 11.8 Å². The molecule has 0 saturated carbocycles. The van der Waals surface area contributed by atoms with E-state index in [0.29, 0.717) is 45.7 Å². The Hall–Kier alpha value is -1.93. The van der Waals surface area contributed by atoms with E-state index < -0.39 is 5.41 Å². The maximum absolute atomic E-state index is 12.9. The summed E-state index contributed by atoms with van der Waals surface area (Å²) in [5, 5.41) is 4.09. The van der Waals surface area contributed by atoms with Gasteiger partial charge < -0.3 is 20.3 Å². The van der Waals surface area contributed by atoms with Gasteiger partial charge in [0.15, 0.2) is 0 Å². The van der Waals surface area contributed by atoms with Crippen LogP contribution in [0.2, 0.25) is 0 Å². The number of piperazine rings is 1. The number of aromatic nitrogens is 2. The Balaban J connectivity index is 1.69. The number of hydrogen-bond donors (Lipinski definition) is 1. The fraction of sp³-hybridized carbons (Fsp3) is 0.667. The highest BCUT2D eigenvalue weighted by atomic mass is 16.5. The van der Waals surface area contributed by atoms with Gasteiger partial charge in [0.05, 0.1) is 17.3 Å². The fourth-order valence-corrected chi connectivity index (χ4v) is 3.27. The van der Waals surface area contributed by atoms with Crippen molar-refractivity contribution in [3.63, 3.8) is 0 Å². The summed E-state index contributed by atoms with van der Waals surface area (Å²) in [5.74, 6) is -0.0979. The molecule has 0 radical (unpaired) electrons. The van der Waals surface area contributed by atoms with Gasteiger partial charge in [-0.3, -0.25) is 14.3 Å². The van der Waals surface area contributed by atoms with E-state index in [-0.39, 0.29) is 18.4 Å². The number of ether oxygens (including phenoxy) is 1. The van der Waals surface area contributed by atoms with Gasteiger partial charge in [-0.2, -0.15) is 5.10 Å². The molecule has 8 heteroatoms. The van der Waals surface area contributed by atoms with Gasteiger partial charge in [0.25, 0.3) is 0 Å². The highest BCUT2D eigenvalue weighted by Gasteiger charge is 2.43. The minimum atomic E-state index is -0.574. The number of nitrogens with zero attached hydrogens (tertiary/aromatic N) is 4. The van der Waals surface area contributed by atoms with Crippen LogP contribution < -0.4 is 10.6 Å². The lowest BCUT2D eigenvalue weighted by Crippen LogP contribution is -2.58. The zero-order valence-electron chi connectivity index (χ0n) is 13.4. The maximum Gasteiger partial charge on any atom is 0.246 e. The minimum Gasteiger partial charge on any atom is -0.381 e. The molecule has 0 aromatic carbocycles. The van der Waals surface area contributed by atoms with E-state index in [0.717, 1.165) is 5.69 Å². The highest BCUT2D eigenvalue weighted by Crippen LogP contribution is 2.32. The fourth-order valence-electron chi connectivity index (χ4n) is 3.27.